The fourth-order valence-corrected chi connectivity index (χ4v) is 2.70. The molecule has 1 aliphatic heterocycles. The summed E-state index contributed by atoms with van der Waals surface area (Å²) >= 11 is 0. The van der Waals surface area contributed by atoms with Gasteiger partial charge >= 0.3 is 18.4 Å². The number of amides is 3. The molecule has 0 radical (unpaired) electrons. The molecule has 0 atom stereocenters. The Hall–Kier alpha value is -2.45. The van der Waals surface area contributed by atoms with Crippen molar-refractivity contribution in [3.05, 3.63) is 30.3 Å². The third kappa shape index (κ3) is 5.77. The molecule has 1 heterocycles. The van der Waals surface area contributed by atoms with E-state index in [-0.39, 0.29) is 30.2 Å². The van der Waals surface area contributed by atoms with Gasteiger partial charge in [0.15, 0.2) is 0 Å². The van der Waals surface area contributed by atoms with E-state index < -0.39 is 24.0 Å². The Morgan fingerprint density at radius 2 is 1.52 bits per heavy atom. The molecule has 6 nitrogen and oxygen atoms in total. The van der Waals surface area contributed by atoms with Crippen LogP contribution in [-0.2, 0) is 4.74 Å². The van der Waals surface area contributed by atoms with Crippen molar-refractivity contribution in [1.29, 1.82) is 0 Å². The number of hydrogen-bond acceptors (Lipinski definition) is 3. The summed E-state index contributed by atoms with van der Waals surface area (Å²) < 4.78 is 45.8. The van der Waals surface area contributed by atoms with Crippen LogP contribution in [0.1, 0.15) is 27.2 Å². The van der Waals surface area contributed by atoms with E-state index in [4.69, 9.17) is 4.74 Å². The van der Waals surface area contributed by atoms with Gasteiger partial charge in [0, 0.05) is 26.2 Å². The Morgan fingerprint density at radius 3 is 2.07 bits per heavy atom. The predicted molar refractivity (Wildman–Crippen MR) is 94.4 cm³/mol. The molecule has 0 N–H and O–H groups in total. The zero-order chi connectivity index (χ0) is 20.2. The Kier molecular flexibility index (Phi) is 6.22. The van der Waals surface area contributed by atoms with Crippen molar-refractivity contribution in [2.45, 2.75) is 39.1 Å². The van der Waals surface area contributed by atoms with Gasteiger partial charge in [-0.25, -0.2) is 14.5 Å². The molecule has 1 aromatic rings. The number of para-hydroxylation sites is 1. The van der Waals surface area contributed by atoms with Crippen LogP contribution in [0.15, 0.2) is 30.3 Å². The summed E-state index contributed by atoms with van der Waals surface area (Å²) in [6.45, 7) is 5.76. The standard InChI is InChI=1S/C18H24F3N3O3/c1-17(2,3)27-16(26)23-11-7-10-22(12-13-23)15(25)24(18(19,20)21)14-8-5-4-6-9-14/h4-6,8-9H,7,10-13H2,1-3H3. The summed E-state index contributed by atoms with van der Waals surface area (Å²) in [6, 6.07) is 5.77. The molecule has 0 aromatic heterocycles. The molecule has 1 aromatic carbocycles. The average molecular weight is 387 g/mol. The predicted octanol–water partition coefficient (Wildman–Crippen LogP) is 4.08. The van der Waals surface area contributed by atoms with Crippen LogP contribution < -0.4 is 4.90 Å². The highest BCUT2D eigenvalue weighted by Crippen LogP contribution is 2.30. The van der Waals surface area contributed by atoms with E-state index in [0.717, 1.165) is 4.90 Å². The second-order valence-electron chi connectivity index (χ2n) is 7.23. The number of nitrogens with zero attached hydrogens (tertiary/aromatic N) is 3. The van der Waals surface area contributed by atoms with Crippen LogP contribution in [-0.4, -0.2) is 60.0 Å². The van der Waals surface area contributed by atoms with Crippen molar-refractivity contribution in [2.24, 2.45) is 0 Å². The molecule has 27 heavy (non-hydrogen) atoms. The summed E-state index contributed by atoms with van der Waals surface area (Å²) in [5.74, 6) is 0. The van der Waals surface area contributed by atoms with Gasteiger partial charge in [-0.15, -0.1) is 13.2 Å². The van der Waals surface area contributed by atoms with Crippen molar-refractivity contribution in [2.75, 3.05) is 31.1 Å². The molecule has 0 saturated carbocycles. The fraction of sp³-hybridized carbons (Fsp3) is 0.556. The number of halogens is 3. The van der Waals surface area contributed by atoms with Crippen LogP contribution in [0.3, 0.4) is 0 Å². The van der Waals surface area contributed by atoms with Gasteiger partial charge < -0.3 is 14.5 Å². The van der Waals surface area contributed by atoms with Crippen molar-refractivity contribution in [1.82, 2.24) is 9.80 Å². The summed E-state index contributed by atoms with van der Waals surface area (Å²) in [5.41, 5.74) is -0.914. The maximum absolute atomic E-state index is 13.5. The first-order valence-corrected chi connectivity index (χ1v) is 8.68. The van der Waals surface area contributed by atoms with E-state index in [9.17, 15) is 22.8 Å². The number of benzene rings is 1. The highest BCUT2D eigenvalue weighted by molar-refractivity contribution is 5.92. The third-order valence-electron chi connectivity index (χ3n) is 3.88. The van der Waals surface area contributed by atoms with Gasteiger partial charge in [-0.1, -0.05) is 18.2 Å². The smallest absolute Gasteiger partial charge is 0.444 e. The zero-order valence-corrected chi connectivity index (χ0v) is 15.6. The summed E-state index contributed by atoms with van der Waals surface area (Å²) in [7, 11) is 0. The SMILES string of the molecule is CC(C)(C)OC(=O)N1CCCN(C(=O)N(c2ccccc2)C(F)(F)F)CC1. The Labute approximate surface area is 156 Å². The molecular formula is C18H24F3N3O3. The molecule has 3 amide bonds. The number of rotatable bonds is 1. The lowest BCUT2D eigenvalue weighted by molar-refractivity contribution is -0.122. The Bertz CT molecular complexity index is 659. The minimum Gasteiger partial charge on any atom is -0.444 e. The van der Waals surface area contributed by atoms with Crippen molar-refractivity contribution < 1.29 is 27.5 Å². The van der Waals surface area contributed by atoms with Crippen LogP contribution in [0.5, 0.6) is 0 Å². The van der Waals surface area contributed by atoms with Crippen molar-refractivity contribution in [3.63, 3.8) is 0 Å². The topological polar surface area (TPSA) is 53.1 Å². The monoisotopic (exact) mass is 387 g/mol. The second kappa shape index (κ2) is 8.06. The van der Waals surface area contributed by atoms with Crippen molar-refractivity contribution in [3.8, 4) is 0 Å². The van der Waals surface area contributed by atoms with Gasteiger partial charge in [0.2, 0.25) is 0 Å². The Balaban J connectivity index is 2.11. The molecule has 2 rings (SSSR count). The van der Waals surface area contributed by atoms with Crippen LogP contribution >= 0.6 is 0 Å². The molecule has 0 unspecified atom stereocenters. The normalized spacial score (nSPS) is 15.9. The molecule has 0 bridgehead atoms. The zero-order valence-electron chi connectivity index (χ0n) is 15.6. The fourth-order valence-electron chi connectivity index (χ4n) is 2.70. The first-order valence-electron chi connectivity index (χ1n) is 8.68. The Morgan fingerprint density at radius 1 is 0.963 bits per heavy atom. The number of ether oxygens (including phenoxy) is 1. The number of alkyl halides is 3. The molecule has 0 aliphatic carbocycles. The number of urea groups is 1. The molecule has 1 saturated heterocycles. The van der Waals surface area contributed by atoms with Gasteiger partial charge in [-0.2, -0.15) is 0 Å². The third-order valence-corrected chi connectivity index (χ3v) is 3.88. The lowest BCUT2D eigenvalue weighted by atomic mass is 10.2. The second-order valence-corrected chi connectivity index (χ2v) is 7.23. The number of hydrogen-bond donors (Lipinski definition) is 0. The van der Waals surface area contributed by atoms with E-state index in [0.29, 0.717) is 13.0 Å². The average Bonchev–Trinajstić information content (AvgIpc) is 2.79. The van der Waals surface area contributed by atoms with Gasteiger partial charge in [0.25, 0.3) is 0 Å². The van der Waals surface area contributed by atoms with Gasteiger partial charge in [-0.05, 0) is 39.3 Å². The number of anilines is 1. The van der Waals surface area contributed by atoms with Gasteiger partial charge in [0.05, 0.1) is 5.69 Å². The van der Waals surface area contributed by atoms with Crippen molar-refractivity contribution >= 4 is 17.8 Å². The van der Waals surface area contributed by atoms with Crippen LogP contribution in [0.2, 0.25) is 0 Å². The van der Waals surface area contributed by atoms with Crippen LogP contribution in [0.4, 0.5) is 28.4 Å². The van der Waals surface area contributed by atoms with E-state index in [1.54, 1.807) is 26.8 Å². The summed E-state index contributed by atoms with van der Waals surface area (Å²) in [4.78, 5) is 27.1. The molecule has 9 heteroatoms. The first kappa shape index (κ1) is 20.9. The largest absolute Gasteiger partial charge is 0.493 e. The molecule has 150 valence electrons. The minimum atomic E-state index is -4.85. The lowest BCUT2D eigenvalue weighted by Crippen LogP contribution is -2.51. The lowest BCUT2D eigenvalue weighted by Gasteiger charge is -2.31. The van der Waals surface area contributed by atoms with E-state index >= 15 is 0 Å². The van der Waals surface area contributed by atoms with E-state index in [1.165, 1.54) is 29.2 Å². The quantitative estimate of drug-likeness (QED) is 0.683. The van der Waals surface area contributed by atoms with Gasteiger partial charge in [-0.3, -0.25) is 0 Å². The minimum absolute atomic E-state index is 0.00249. The number of carbonyl (C=O) groups is 2. The molecule has 1 aliphatic rings. The van der Waals surface area contributed by atoms with Crippen LogP contribution in [0, 0.1) is 0 Å². The van der Waals surface area contributed by atoms with E-state index in [2.05, 4.69) is 0 Å². The first-order chi connectivity index (χ1) is 12.5. The highest BCUT2D eigenvalue weighted by Gasteiger charge is 2.44. The molecule has 0 spiro atoms. The highest BCUT2D eigenvalue weighted by atomic mass is 19.4. The van der Waals surface area contributed by atoms with Crippen LogP contribution in [0.25, 0.3) is 0 Å². The maximum atomic E-state index is 13.5. The molecule has 1 fully saturated rings. The molecular weight excluding hydrogens is 363 g/mol. The summed E-state index contributed by atoms with van der Waals surface area (Å²) in [5, 5.41) is 0. The van der Waals surface area contributed by atoms with Gasteiger partial charge in [0.1, 0.15) is 5.60 Å². The summed E-state index contributed by atoms with van der Waals surface area (Å²) in [6.07, 6.45) is -5.02. The van der Waals surface area contributed by atoms with E-state index in [1.807, 2.05) is 0 Å². The maximum Gasteiger partial charge on any atom is 0.493 e. The number of carbonyl (C=O) groups excluding carboxylic acids is 2.